The summed E-state index contributed by atoms with van der Waals surface area (Å²) in [5.74, 6) is -0.359. The first-order valence-corrected chi connectivity index (χ1v) is 7.82. The molecule has 25 heavy (non-hydrogen) atoms. The molecule has 0 spiro atoms. The minimum atomic E-state index is -0.210. The summed E-state index contributed by atoms with van der Waals surface area (Å²) in [6.45, 7) is 3.40. The third kappa shape index (κ3) is 3.92. The Balaban J connectivity index is 1.68. The van der Waals surface area contributed by atoms with E-state index in [4.69, 9.17) is 0 Å². The molecule has 3 N–H and O–H groups in total. The molecule has 0 aliphatic rings. The number of amides is 2. The van der Waals surface area contributed by atoms with Crippen LogP contribution >= 0.6 is 0 Å². The molecule has 0 saturated carbocycles. The number of nitrogens with one attached hydrogen (secondary N) is 3. The van der Waals surface area contributed by atoms with Crippen molar-refractivity contribution < 1.29 is 9.59 Å². The zero-order chi connectivity index (χ0) is 17.8. The molecule has 126 valence electrons. The van der Waals surface area contributed by atoms with Crippen LogP contribution < -0.4 is 10.6 Å². The lowest BCUT2D eigenvalue weighted by atomic mass is 10.1. The summed E-state index contributed by atoms with van der Waals surface area (Å²) in [4.78, 5) is 30.6. The predicted molar refractivity (Wildman–Crippen MR) is 97.5 cm³/mol. The third-order valence-electron chi connectivity index (χ3n) is 3.71. The van der Waals surface area contributed by atoms with Gasteiger partial charge in [0.2, 0.25) is 5.91 Å². The Bertz CT molecular complexity index is 896. The molecule has 2 amide bonds. The number of aromatic amines is 1. The van der Waals surface area contributed by atoms with E-state index >= 15 is 0 Å². The van der Waals surface area contributed by atoms with Gasteiger partial charge in [0, 0.05) is 35.1 Å². The van der Waals surface area contributed by atoms with Gasteiger partial charge in [-0.1, -0.05) is 12.1 Å². The van der Waals surface area contributed by atoms with Gasteiger partial charge in [-0.25, -0.2) is 4.98 Å². The summed E-state index contributed by atoms with van der Waals surface area (Å²) < 4.78 is 0. The molecule has 0 aliphatic heterocycles. The first-order valence-electron chi connectivity index (χ1n) is 7.82. The Kier molecular flexibility index (Phi) is 4.61. The molecule has 0 radical (unpaired) electrons. The second-order valence-corrected chi connectivity index (χ2v) is 5.67. The number of rotatable bonds is 4. The number of carbonyl (C=O) groups excluding carboxylic acids is 2. The molecule has 2 aromatic carbocycles. The smallest absolute Gasteiger partial charge is 0.255 e. The van der Waals surface area contributed by atoms with Crippen molar-refractivity contribution in [2.24, 2.45) is 0 Å². The average molecular weight is 334 g/mol. The number of H-pyrrole nitrogens is 1. The van der Waals surface area contributed by atoms with Crippen LogP contribution in [0.25, 0.3) is 11.3 Å². The second-order valence-electron chi connectivity index (χ2n) is 5.67. The van der Waals surface area contributed by atoms with Crippen molar-refractivity contribution in [1.82, 2.24) is 9.97 Å². The average Bonchev–Trinajstić information content (AvgIpc) is 3.02. The molecule has 0 aliphatic carbocycles. The van der Waals surface area contributed by atoms with Gasteiger partial charge in [0.05, 0.1) is 12.0 Å². The molecule has 0 fully saturated rings. The number of carbonyl (C=O) groups is 2. The molecule has 1 aromatic heterocycles. The van der Waals surface area contributed by atoms with Crippen LogP contribution in [0, 0.1) is 6.92 Å². The van der Waals surface area contributed by atoms with Gasteiger partial charge in [-0.15, -0.1) is 0 Å². The van der Waals surface area contributed by atoms with E-state index in [-0.39, 0.29) is 11.8 Å². The van der Waals surface area contributed by atoms with Gasteiger partial charge in [0.25, 0.3) is 5.91 Å². The van der Waals surface area contributed by atoms with E-state index in [1.165, 1.54) is 6.92 Å². The lowest BCUT2D eigenvalue weighted by molar-refractivity contribution is -0.114. The van der Waals surface area contributed by atoms with Gasteiger partial charge in [0.15, 0.2) is 0 Å². The topological polar surface area (TPSA) is 86.9 Å². The highest BCUT2D eigenvalue weighted by atomic mass is 16.2. The maximum absolute atomic E-state index is 12.3. The Hall–Kier alpha value is -3.41. The number of hydrogen-bond donors (Lipinski definition) is 3. The molecule has 0 atom stereocenters. The highest BCUT2D eigenvalue weighted by molar-refractivity contribution is 6.04. The van der Waals surface area contributed by atoms with Gasteiger partial charge >= 0.3 is 0 Å². The summed E-state index contributed by atoms with van der Waals surface area (Å²) in [5, 5.41) is 5.52. The van der Waals surface area contributed by atoms with Crippen molar-refractivity contribution in [1.29, 1.82) is 0 Å². The van der Waals surface area contributed by atoms with Crippen molar-refractivity contribution in [3.05, 3.63) is 66.1 Å². The van der Waals surface area contributed by atoms with Crippen molar-refractivity contribution in [2.75, 3.05) is 10.6 Å². The molecular formula is C19H18N4O2. The first kappa shape index (κ1) is 16.4. The van der Waals surface area contributed by atoms with Crippen LogP contribution in [0.15, 0.2) is 54.9 Å². The predicted octanol–water partition coefficient (Wildman–Crippen LogP) is 3.60. The normalized spacial score (nSPS) is 10.3. The van der Waals surface area contributed by atoms with Crippen LogP contribution in [0.4, 0.5) is 11.4 Å². The maximum atomic E-state index is 12.3. The third-order valence-corrected chi connectivity index (χ3v) is 3.71. The summed E-state index contributed by atoms with van der Waals surface area (Å²) in [6.07, 6.45) is 1.66. The van der Waals surface area contributed by atoms with Gasteiger partial charge in [-0.2, -0.15) is 0 Å². The first-order chi connectivity index (χ1) is 12.0. The standard InChI is InChI=1S/C19H18N4O2/c1-12-18(21-11-20-12)14-3-7-17(8-4-14)23-19(25)15-5-9-16(10-6-15)22-13(2)24/h3-11H,1-2H3,(H,20,21)(H,22,24)(H,23,25). The molecule has 1 heterocycles. The number of aryl methyl sites for hydroxylation is 1. The Morgan fingerprint density at radius 3 is 2.08 bits per heavy atom. The fraction of sp³-hybridized carbons (Fsp3) is 0.105. The van der Waals surface area contributed by atoms with Gasteiger partial charge < -0.3 is 15.6 Å². The minimum absolute atomic E-state index is 0.149. The number of benzene rings is 2. The quantitative estimate of drug-likeness (QED) is 0.681. The molecule has 6 nitrogen and oxygen atoms in total. The summed E-state index contributed by atoms with van der Waals surface area (Å²) in [7, 11) is 0. The van der Waals surface area contributed by atoms with Crippen molar-refractivity contribution >= 4 is 23.2 Å². The fourth-order valence-electron chi connectivity index (χ4n) is 2.47. The Morgan fingerprint density at radius 1 is 0.920 bits per heavy atom. The monoisotopic (exact) mass is 334 g/mol. The zero-order valence-corrected chi connectivity index (χ0v) is 14.0. The van der Waals surface area contributed by atoms with Crippen LogP contribution in [0.5, 0.6) is 0 Å². The fourth-order valence-corrected chi connectivity index (χ4v) is 2.47. The van der Waals surface area contributed by atoms with Crippen molar-refractivity contribution in [2.45, 2.75) is 13.8 Å². The van der Waals surface area contributed by atoms with E-state index in [0.717, 1.165) is 17.0 Å². The number of nitrogens with zero attached hydrogens (tertiary/aromatic N) is 1. The van der Waals surface area contributed by atoms with Crippen molar-refractivity contribution in [3.8, 4) is 11.3 Å². The van der Waals surface area contributed by atoms with Gasteiger partial charge in [-0.05, 0) is 43.3 Å². The van der Waals surface area contributed by atoms with E-state index < -0.39 is 0 Å². The molecule has 3 rings (SSSR count). The SMILES string of the molecule is CC(=O)Nc1ccc(C(=O)Nc2ccc(-c3nc[nH]c3C)cc2)cc1. The summed E-state index contributed by atoms with van der Waals surface area (Å²) in [6, 6.07) is 14.2. The summed E-state index contributed by atoms with van der Waals surface area (Å²) in [5.41, 5.74) is 4.75. The van der Waals surface area contributed by atoms with Crippen molar-refractivity contribution in [3.63, 3.8) is 0 Å². The van der Waals surface area contributed by atoms with Gasteiger partial charge in [0.1, 0.15) is 0 Å². The van der Waals surface area contributed by atoms with Gasteiger partial charge in [-0.3, -0.25) is 9.59 Å². The molecule has 0 saturated heterocycles. The van der Waals surface area contributed by atoms with Crippen LogP contribution in [-0.2, 0) is 4.79 Å². The molecule has 6 heteroatoms. The van der Waals surface area contributed by atoms with E-state index in [1.54, 1.807) is 30.6 Å². The van der Waals surface area contributed by atoms with E-state index in [0.29, 0.717) is 16.9 Å². The van der Waals surface area contributed by atoms with Crippen LogP contribution in [0.2, 0.25) is 0 Å². The van der Waals surface area contributed by atoms with Crippen LogP contribution in [0.3, 0.4) is 0 Å². The number of imidazole rings is 1. The zero-order valence-electron chi connectivity index (χ0n) is 14.0. The molecule has 0 unspecified atom stereocenters. The number of hydrogen-bond acceptors (Lipinski definition) is 3. The lowest BCUT2D eigenvalue weighted by Gasteiger charge is -2.07. The van der Waals surface area contributed by atoms with E-state index in [9.17, 15) is 9.59 Å². The minimum Gasteiger partial charge on any atom is -0.348 e. The second kappa shape index (κ2) is 7.00. The van der Waals surface area contributed by atoms with Crippen LogP contribution in [0.1, 0.15) is 23.0 Å². The largest absolute Gasteiger partial charge is 0.348 e. The molecular weight excluding hydrogens is 316 g/mol. The Labute approximate surface area is 145 Å². The Morgan fingerprint density at radius 2 is 1.52 bits per heavy atom. The molecule has 3 aromatic rings. The molecule has 0 bridgehead atoms. The lowest BCUT2D eigenvalue weighted by Crippen LogP contribution is -2.12. The van der Waals surface area contributed by atoms with E-state index in [1.807, 2.05) is 31.2 Å². The highest BCUT2D eigenvalue weighted by Gasteiger charge is 2.08. The maximum Gasteiger partial charge on any atom is 0.255 e. The highest BCUT2D eigenvalue weighted by Crippen LogP contribution is 2.22. The number of anilines is 2. The number of aromatic nitrogens is 2. The van der Waals surface area contributed by atoms with E-state index in [2.05, 4.69) is 20.6 Å². The van der Waals surface area contributed by atoms with Crippen LogP contribution in [-0.4, -0.2) is 21.8 Å². The summed E-state index contributed by atoms with van der Waals surface area (Å²) >= 11 is 0.